The third-order valence-electron chi connectivity index (χ3n) is 6.38. The molecule has 1 N–H and O–H groups in total. The quantitative estimate of drug-likeness (QED) is 0.477. The number of hydrogen-bond acceptors (Lipinski definition) is 5. The third-order valence-corrected chi connectivity index (χ3v) is 7.58. The summed E-state index contributed by atoms with van der Waals surface area (Å²) in [6.45, 7) is 5.73. The van der Waals surface area contributed by atoms with Crippen molar-refractivity contribution in [1.29, 1.82) is 0 Å². The molecule has 35 heavy (non-hydrogen) atoms. The van der Waals surface area contributed by atoms with Gasteiger partial charge in [-0.05, 0) is 80.8 Å². The second kappa shape index (κ2) is 11.8. The normalized spacial score (nSPS) is 19.5. The van der Waals surface area contributed by atoms with Crippen molar-refractivity contribution in [2.45, 2.75) is 18.9 Å². The Morgan fingerprint density at radius 1 is 1.06 bits per heavy atom. The molecule has 2 saturated heterocycles. The number of amides is 2. The Labute approximate surface area is 225 Å². The van der Waals surface area contributed by atoms with Gasteiger partial charge in [-0.2, -0.15) is 0 Å². The molecule has 1 atom stereocenters. The van der Waals surface area contributed by atoms with Gasteiger partial charge in [0.05, 0.1) is 12.1 Å². The second-order valence-electron chi connectivity index (χ2n) is 8.90. The van der Waals surface area contributed by atoms with Crippen molar-refractivity contribution in [3.63, 3.8) is 0 Å². The minimum Gasteiger partial charge on any atom is -0.336 e. The van der Waals surface area contributed by atoms with Crippen LogP contribution in [-0.4, -0.2) is 84.0 Å². The van der Waals surface area contributed by atoms with Crippen molar-refractivity contribution in [3.8, 4) is 0 Å². The molecular weight excluding hydrogens is 550 g/mol. The Balaban J connectivity index is 1.46. The van der Waals surface area contributed by atoms with Crippen LogP contribution in [0.3, 0.4) is 0 Å². The summed E-state index contributed by atoms with van der Waals surface area (Å²) in [6.07, 6.45) is 0.879. The minimum absolute atomic E-state index is 0.0215. The van der Waals surface area contributed by atoms with Gasteiger partial charge in [0.25, 0.3) is 5.91 Å². The van der Waals surface area contributed by atoms with Gasteiger partial charge in [0.1, 0.15) is 6.04 Å². The van der Waals surface area contributed by atoms with Crippen molar-refractivity contribution >= 4 is 68.1 Å². The predicted molar refractivity (Wildman–Crippen MR) is 148 cm³/mol. The summed E-state index contributed by atoms with van der Waals surface area (Å²) < 4.78 is 0.928. The van der Waals surface area contributed by atoms with Crippen molar-refractivity contribution in [2.24, 2.45) is 0 Å². The first-order valence-corrected chi connectivity index (χ1v) is 13.3. The maximum absolute atomic E-state index is 13.5. The van der Waals surface area contributed by atoms with E-state index in [1.807, 2.05) is 29.2 Å². The number of nitrogens with zero attached hydrogens (tertiary/aromatic N) is 4. The number of halogens is 2. The lowest BCUT2D eigenvalue weighted by atomic mass is 10.1. The lowest BCUT2D eigenvalue weighted by molar-refractivity contribution is -0.124. The molecule has 2 aliphatic heterocycles. The van der Waals surface area contributed by atoms with E-state index in [0.29, 0.717) is 28.1 Å². The Hall–Kier alpha value is -2.04. The zero-order valence-corrected chi connectivity index (χ0v) is 22.8. The fourth-order valence-electron chi connectivity index (χ4n) is 4.37. The van der Waals surface area contributed by atoms with Crippen molar-refractivity contribution in [2.75, 3.05) is 56.5 Å². The molecular formula is C25H29BrClN5O2S. The number of thiocarbonyl (C=S) groups is 1. The Morgan fingerprint density at radius 2 is 1.71 bits per heavy atom. The molecule has 0 spiro atoms. The van der Waals surface area contributed by atoms with Crippen LogP contribution < -0.4 is 10.2 Å². The molecule has 2 aliphatic rings. The largest absolute Gasteiger partial charge is 0.336 e. The maximum Gasteiger partial charge on any atom is 0.256 e. The second-order valence-corrected chi connectivity index (χ2v) is 10.6. The molecule has 2 aromatic carbocycles. The van der Waals surface area contributed by atoms with Crippen LogP contribution in [0.5, 0.6) is 0 Å². The van der Waals surface area contributed by atoms with E-state index < -0.39 is 6.04 Å². The molecule has 10 heteroatoms. The number of benzene rings is 2. The molecule has 2 amide bonds. The van der Waals surface area contributed by atoms with Gasteiger partial charge in [-0.3, -0.25) is 14.5 Å². The number of likely N-dealkylation sites (N-methyl/N-ethyl adjacent to an activating group) is 1. The third kappa shape index (κ3) is 6.59. The highest BCUT2D eigenvalue weighted by Gasteiger charge is 2.43. The highest BCUT2D eigenvalue weighted by molar-refractivity contribution is 9.10. The SMILES string of the molecule is CN1CCN(CCCN2C(=S)N(c3ccc(Cl)cc3)C(=O)C2CC(=O)Nc2ccc(Br)cc2)CC1. The molecule has 7 nitrogen and oxygen atoms in total. The molecule has 4 rings (SSSR count). The van der Waals surface area contributed by atoms with E-state index in [9.17, 15) is 9.59 Å². The predicted octanol–water partition coefficient (Wildman–Crippen LogP) is 4.07. The highest BCUT2D eigenvalue weighted by Crippen LogP contribution is 2.29. The van der Waals surface area contributed by atoms with Gasteiger partial charge < -0.3 is 20.0 Å². The van der Waals surface area contributed by atoms with Crippen LogP contribution in [0.15, 0.2) is 53.0 Å². The first-order chi connectivity index (χ1) is 16.8. The Kier molecular flexibility index (Phi) is 8.77. The number of carbonyl (C=O) groups excluding carboxylic acids is 2. The molecule has 1 unspecified atom stereocenters. The summed E-state index contributed by atoms with van der Waals surface area (Å²) in [5.41, 5.74) is 1.34. The summed E-state index contributed by atoms with van der Waals surface area (Å²) >= 11 is 15.2. The van der Waals surface area contributed by atoms with Crippen molar-refractivity contribution in [1.82, 2.24) is 14.7 Å². The molecule has 0 aliphatic carbocycles. The van der Waals surface area contributed by atoms with Gasteiger partial charge in [0.15, 0.2) is 5.11 Å². The number of carbonyl (C=O) groups is 2. The molecule has 2 fully saturated rings. The lowest BCUT2D eigenvalue weighted by Crippen LogP contribution is -2.45. The minimum atomic E-state index is -0.652. The average molecular weight is 579 g/mol. The smallest absolute Gasteiger partial charge is 0.256 e. The zero-order valence-electron chi connectivity index (χ0n) is 19.6. The Bertz CT molecular complexity index is 1060. The van der Waals surface area contributed by atoms with Gasteiger partial charge in [-0.1, -0.05) is 27.5 Å². The average Bonchev–Trinajstić information content (AvgIpc) is 3.06. The summed E-state index contributed by atoms with van der Waals surface area (Å²) in [7, 11) is 2.14. The van der Waals surface area contributed by atoms with E-state index in [1.54, 1.807) is 24.3 Å². The molecule has 2 heterocycles. The van der Waals surface area contributed by atoms with Gasteiger partial charge in [-0.15, -0.1) is 0 Å². The van der Waals surface area contributed by atoms with E-state index in [0.717, 1.165) is 43.6 Å². The first kappa shape index (κ1) is 26.0. The van der Waals surface area contributed by atoms with Crippen LogP contribution in [0.4, 0.5) is 11.4 Å². The van der Waals surface area contributed by atoms with Gasteiger partial charge >= 0.3 is 0 Å². The summed E-state index contributed by atoms with van der Waals surface area (Å²) in [6, 6.07) is 13.7. The highest BCUT2D eigenvalue weighted by atomic mass is 79.9. The lowest BCUT2D eigenvalue weighted by Gasteiger charge is -2.33. The fraction of sp³-hybridized carbons (Fsp3) is 0.400. The zero-order chi connectivity index (χ0) is 24.9. The van der Waals surface area contributed by atoms with Gasteiger partial charge in [-0.25, -0.2) is 0 Å². The monoisotopic (exact) mass is 577 g/mol. The number of rotatable bonds is 8. The van der Waals surface area contributed by atoms with Crippen molar-refractivity contribution in [3.05, 3.63) is 58.0 Å². The Morgan fingerprint density at radius 3 is 2.37 bits per heavy atom. The van der Waals surface area contributed by atoms with Crippen molar-refractivity contribution < 1.29 is 9.59 Å². The number of nitrogens with one attached hydrogen (secondary N) is 1. The maximum atomic E-state index is 13.5. The molecule has 2 aromatic rings. The first-order valence-electron chi connectivity index (χ1n) is 11.7. The number of hydrogen-bond donors (Lipinski definition) is 1. The number of anilines is 2. The van der Waals surface area contributed by atoms with E-state index in [4.69, 9.17) is 23.8 Å². The van der Waals surface area contributed by atoms with Crippen LogP contribution in [0, 0.1) is 0 Å². The van der Waals surface area contributed by atoms with Crippen LogP contribution in [0.2, 0.25) is 5.02 Å². The van der Waals surface area contributed by atoms with E-state index in [-0.39, 0.29) is 18.2 Å². The number of piperazine rings is 1. The van der Waals surface area contributed by atoms with Crippen LogP contribution in [-0.2, 0) is 9.59 Å². The van der Waals surface area contributed by atoms with E-state index in [2.05, 4.69) is 38.1 Å². The van der Waals surface area contributed by atoms with Crippen LogP contribution in [0.25, 0.3) is 0 Å². The molecule has 0 aromatic heterocycles. The van der Waals surface area contributed by atoms with Crippen LogP contribution in [0.1, 0.15) is 12.8 Å². The molecule has 0 radical (unpaired) electrons. The summed E-state index contributed by atoms with van der Waals surface area (Å²) in [5, 5.41) is 3.91. The molecule has 0 saturated carbocycles. The van der Waals surface area contributed by atoms with Crippen LogP contribution >= 0.6 is 39.7 Å². The fourth-order valence-corrected chi connectivity index (χ4v) is 5.18. The van der Waals surface area contributed by atoms with Gasteiger partial charge in [0.2, 0.25) is 5.91 Å². The van der Waals surface area contributed by atoms with E-state index in [1.165, 1.54) is 4.90 Å². The van der Waals surface area contributed by atoms with E-state index >= 15 is 0 Å². The molecule has 186 valence electrons. The summed E-state index contributed by atoms with van der Waals surface area (Å²) in [5.74, 6) is -0.418. The van der Waals surface area contributed by atoms with Gasteiger partial charge in [0, 0.05) is 47.9 Å². The molecule has 0 bridgehead atoms. The summed E-state index contributed by atoms with van der Waals surface area (Å²) in [4.78, 5) is 34.6. The topological polar surface area (TPSA) is 59.1 Å². The standard InChI is InChI=1S/C25H29BrClN5O2S/c1-29-13-15-30(16-14-29)11-2-12-31-22(17-23(33)28-20-7-3-18(26)4-8-20)24(34)32(25(31)35)21-9-5-19(27)6-10-21/h3-10,22H,2,11-17H2,1H3,(H,28,33).